The van der Waals surface area contributed by atoms with E-state index in [2.05, 4.69) is 25.6 Å². The second kappa shape index (κ2) is 7.98. The Morgan fingerprint density at radius 1 is 1.26 bits per heavy atom. The van der Waals surface area contributed by atoms with Gasteiger partial charge >= 0.3 is 5.97 Å². The van der Waals surface area contributed by atoms with Crippen molar-refractivity contribution in [1.29, 1.82) is 0 Å². The quantitative estimate of drug-likeness (QED) is 0.504. The summed E-state index contributed by atoms with van der Waals surface area (Å²) in [5, 5.41) is 12.8. The first-order chi connectivity index (χ1) is 9.17. The molecule has 0 spiro atoms. The number of methoxy groups -OCH3 is 2. The van der Waals surface area contributed by atoms with Crippen LogP contribution in [0.3, 0.4) is 0 Å². The van der Waals surface area contributed by atoms with E-state index in [-0.39, 0.29) is 18.1 Å². The summed E-state index contributed by atoms with van der Waals surface area (Å²) >= 11 is 0. The van der Waals surface area contributed by atoms with Crippen molar-refractivity contribution in [3.63, 3.8) is 0 Å². The zero-order valence-corrected chi connectivity index (χ0v) is 10.8. The minimum atomic E-state index is -0.559. The molecule has 1 heterocycles. The highest BCUT2D eigenvalue weighted by Gasteiger charge is 2.08. The van der Waals surface area contributed by atoms with Crippen molar-refractivity contribution < 1.29 is 19.1 Å². The lowest BCUT2D eigenvalue weighted by molar-refractivity contribution is -0.119. The van der Waals surface area contributed by atoms with Crippen molar-refractivity contribution in [3.05, 3.63) is 17.8 Å². The molecule has 104 valence electrons. The number of aromatic nitrogens is 2. The SMILES string of the molecule is COCCNC(=O)CNc1ccc(C(=O)OC)nn1. The van der Waals surface area contributed by atoms with E-state index in [0.29, 0.717) is 19.0 Å². The van der Waals surface area contributed by atoms with Gasteiger partial charge in [0.05, 0.1) is 20.3 Å². The van der Waals surface area contributed by atoms with Crippen molar-refractivity contribution >= 4 is 17.7 Å². The van der Waals surface area contributed by atoms with Gasteiger partial charge in [0.15, 0.2) is 5.69 Å². The molecule has 0 saturated carbocycles. The summed E-state index contributed by atoms with van der Waals surface area (Å²) in [5.74, 6) is -0.346. The molecule has 1 aromatic heterocycles. The number of nitrogens with zero attached hydrogens (tertiary/aromatic N) is 2. The zero-order chi connectivity index (χ0) is 14.1. The van der Waals surface area contributed by atoms with Crippen molar-refractivity contribution in [1.82, 2.24) is 15.5 Å². The molecule has 0 atom stereocenters. The van der Waals surface area contributed by atoms with Gasteiger partial charge in [-0.25, -0.2) is 4.79 Å². The molecular weight excluding hydrogens is 252 g/mol. The number of amides is 1. The van der Waals surface area contributed by atoms with Gasteiger partial charge in [-0.15, -0.1) is 10.2 Å². The number of anilines is 1. The number of ether oxygens (including phenoxy) is 2. The summed E-state index contributed by atoms with van der Waals surface area (Å²) in [6.07, 6.45) is 0. The van der Waals surface area contributed by atoms with Gasteiger partial charge in [0, 0.05) is 13.7 Å². The molecule has 8 nitrogen and oxygen atoms in total. The van der Waals surface area contributed by atoms with E-state index in [4.69, 9.17) is 4.74 Å². The molecule has 19 heavy (non-hydrogen) atoms. The van der Waals surface area contributed by atoms with Crippen LogP contribution in [0.2, 0.25) is 0 Å². The molecule has 8 heteroatoms. The lowest BCUT2D eigenvalue weighted by Gasteiger charge is -2.06. The van der Waals surface area contributed by atoms with E-state index in [1.165, 1.54) is 13.2 Å². The van der Waals surface area contributed by atoms with Crippen LogP contribution in [0.4, 0.5) is 5.82 Å². The molecule has 0 fully saturated rings. The van der Waals surface area contributed by atoms with Gasteiger partial charge in [-0.05, 0) is 12.1 Å². The molecule has 1 aromatic rings. The summed E-state index contributed by atoms with van der Waals surface area (Å²) in [5.41, 5.74) is 0.109. The number of carbonyl (C=O) groups excluding carboxylic acids is 2. The van der Waals surface area contributed by atoms with E-state index >= 15 is 0 Å². The maximum atomic E-state index is 11.4. The van der Waals surface area contributed by atoms with Crippen LogP contribution in [0.15, 0.2) is 12.1 Å². The second-order valence-corrected chi connectivity index (χ2v) is 3.49. The van der Waals surface area contributed by atoms with Gasteiger partial charge in [-0.3, -0.25) is 4.79 Å². The summed E-state index contributed by atoms with van der Waals surface area (Å²) in [6.45, 7) is 0.972. The Labute approximate surface area is 110 Å². The van der Waals surface area contributed by atoms with Crippen LogP contribution in [-0.4, -0.2) is 56.0 Å². The van der Waals surface area contributed by atoms with Crippen LogP contribution in [0.25, 0.3) is 0 Å². The van der Waals surface area contributed by atoms with Crippen molar-refractivity contribution in [2.24, 2.45) is 0 Å². The fourth-order valence-electron chi connectivity index (χ4n) is 1.17. The predicted octanol–water partition coefficient (Wildman–Crippen LogP) is -0.562. The molecule has 0 radical (unpaired) electrons. The van der Waals surface area contributed by atoms with Crippen LogP contribution < -0.4 is 10.6 Å². The number of nitrogens with one attached hydrogen (secondary N) is 2. The Morgan fingerprint density at radius 2 is 2.05 bits per heavy atom. The highest BCUT2D eigenvalue weighted by atomic mass is 16.5. The van der Waals surface area contributed by atoms with E-state index in [1.807, 2.05) is 0 Å². The Kier molecular flexibility index (Phi) is 6.23. The minimum Gasteiger partial charge on any atom is -0.464 e. The summed E-state index contributed by atoms with van der Waals surface area (Å²) < 4.78 is 9.29. The minimum absolute atomic E-state index is 0.0654. The third-order valence-corrected chi connectivity index (χ3v) is 2.12. The first-order valence-electron chi connectivity index (χ1n) is 5.59. The van der Waals surface area contributed by atoms with Gasteiger partial charge < -0.3 is 20.1 Å². The van der Waals surface area contributed by atoms with Crippen molar-refractivity contribution in [2.75, 3.05) is 39.2 Å². The van der Waals surface area contributed by atoms with Gasteiger partial charge in [-0.1, -0.05) is 0 Å². The Balaban J connectivity index is 2.37. The van der Waals surface area contributed by atoms with Crippen molar-refractivity contribution in [2.45, 2.75) is 0 Å². The summed E-state index contributed by atoms with van der Waals surface area (Å²) in [6, 6.07) is 3.01. The maximum Gasteiger partial charge on any atom is 0.358 e. The van der Waals surface area contributed by atoms with Gasteiger partial charge in [0.2, 0.25) is 5.91 Å². The molecule has 2 N–H and O–H groups in total. The molecule has 0 aromatic carbocycles. The number of carbonyl (C=O) groups is 2. The molecule has 0 bridgehead atoms. The molecule has 0 aliphatic rings. The third kappa shape index (κ3) is 5.30. The van der Waals surface area contributed by atoms with Crippen LogP contribution in [0.5, 0.6) is 0 Å². The number of rotatable bonds is 7. The summed E-state index contributed by atoms with van der Waals surface area (Å²) in [7, 11) is 2.82. The largest absolute Gasteiger partial charge is 0.464 e. The second-order valence-electron chi connectivity index (χ2n) is 3.49. The standard InChI is InChI=1S/C11H16N4O4/c1-18-6-5-12-10(16)7-13-9-4-3-8(14-15-9)11(17)19-2/h3-4H,5-7H2,1-2H3,(H,12,16)(H,13,15). The molecule has 0 saturated heterocycles. The fourth-order valence-corrected chi connectivity index (χ4v) is 1.17. The predicted molar refractivity (Wildman–Crippen MR) is 66.7 cm³/mol. The van der Waals surface area contributed by atoms with E-state index < -0.39 is 5.97 Å². The number of hydrogen-bond acceptors (Lipinski definition) is 7. The fraction of sp³-hybridized carbons (Fsp3) is 0.455. The average molecular weight is 268 g/mol. The molecule has 0 aliphatic carbocycles. The van der Waals surface area contributed by atoms with Gasteiger partial charge in [0.1, 0.15) is 5.82 Å². The normalized spacial score (nSPS) is 9.79. The van der Waals surface area contributed by atoms with E-state index in [0.717, 1.165) is 0 Å². The van der Waals surface area contributed by atoms with Gasteiger partial charge in [-0.2, -0.15) is 0 Å². The first-order valence-corrected chi connectivity index (χ1v) is 5.59. The first kappa shape index (κ1) is 14.8. The van der Waals surface area contributed by atoms with Crippen LogP contribution in [0.1, 0.15) is 10.5 Å². The maximum absolute atomic E-state index is 11.4. The zero-order valence-electron chi connectivity index (χ0n) is 10.8. The van der Waals surface area contributed by atoms with Crippen molar-refractivity contribution in [3.8, 4) is 0 Å². The molecule has 1 amide bonds. The monoisotopic (exact) mass is 268 g/mol. The van der Waals surface area contributed by atoms with Gasteiger partial charge in [0.25, 0.3) is 0 Å². The highest BCUT2D eigenvalue weighted by molar-refractivity contribution is 5.87. The van der Waals surface area contributed by atoms with Crippen LogP contribution >= 0.6 is 0 Å². The number of esters is 1. The molecule has 0 unspecified atom stereocenters. The lowest BCUT2D eigenvalue weighted by atomic mass is 10.4. The highest BCUT2D eigenvalue weighted by Crippen LogP contribution is 2.02. The number of hydrogen-bond donors (Lipinski definition) is 2. The molecular formula is C11H16N4O4. The average Bonchev–Trinajstić information content (AvgIpc) is 2.45. The molecule has 0 aliphatic heterocycles. The lowest BCUT2D eigenvalue weighted by Crippen LogP contribution is -2.32. The Morgan fingerprint density at radius 3 is 2.63 bits per heavy atom. The third-order valence-electron chi connectivity index (χ3n) is 2.12. The Bertz CT molecular complexity index is 421. The topological polar surface area (TPSA) is 102 Å². The van der Waals surface area contributed by atoms with Crippen LogP contribution in [0, 0.1) is 0 Å². The Hall–Kier alpha value is -2.22. The smallest absolute Gasteiger partial charge is 0.358 e. The summed E-state index contributed by atoms with van der Waals surface area (Å²) in [4.78, 5) is 22.5. The molecule has 1 rings (SSSR count). The van der Waals surface area contributed by atoms with E-state index in [1.54, 1.807) is 13.2 Å². The van der Waals surface area contributed by atoms with E-state index in [9.17, 15) is 9.59 Å². The van der Waals surface area contributed by atoms with Crippen LogP contribution in [-0.2, 0) is 14.3 Å².